The van der Waals surface area contributed by atoms with E-state index in [0.29, 0.717) is 22.4 Å². The van der Waals surface area contributed by atoms with Gasteiger partial charge < -0.3 is 19.7 Å². The first-order chi connectivity index (χ1) is 22.7. The molecule has 1 aliphatic rings. The molecule has 0 atom stereocenters. The highest BCUT2D eigenvalue weighted by Gasteiger charge is 2.50. The van der Waals surface area contributed by atoms with Gasteiger partial charge in [-0.25, -0.2) is 33.0 Å². The lowest BCUT2D eigenvalue weighted by atomic mass is 10.0. The largest absolute Gasteiger partial charge is 0.517 e. The summed E-state index contributed by atoms with van der Waals surface area (Å²) < 4.78 is 103. The van der Waals surface area contributed by atoms with Crippen molar-refractivity contribution >= 4 is 54.4 Å². The Balaban J connectivity index is 1.66. The summed E-state index contributed by atoms with van der Waals surface area (Å²) in [5.74, 6) is -0.405. The molecule has 0 spiro atoms. The van der Waals surface area contributed by atoms with Crippen LogP contribution in [0.3, 0.4) is 0 Å². The average molecular weight is 713 g/mol. The Labute approximate surface area is 272 Å². The van der Waals surface area contributed by atoms with E-state index in [0.717, 1.165) is 22.4 Å². The van der Waals surface area contributed by atoms with Crippen molar-refractivity contribution in [1.29, 1.82) is 0 Å². The molecule has 1 amide bonds. The first-order valence-electron chi connectivity index (χ1n) is 14.1. The number of amides is 1. The minimum atomic E-state index is -6.28. The van der Waals surface area contributed by atoms with Gasteiger partial charge in [0.1, 0.15) is 11.3 Å². The van der Waals surface area contributed by atoms with Gasteiger partial charge in [0.25, 0.3) is 12.0 Å². The minimum Gasteiger partial charge on any atom is -0.497 e. The summed E-state index contributed by atoms with van der Waals surface area (Å²) >= 11 is 1.01. The summed E-state index contributed by atoms with van der Waals surface area (Å²) in [6.45, 7) is -1.31. The number of fused-ring (bicyclic) bond motifs is 3. The first-order valence-corrected chi connectivity index (χ1v) is 16.4. The predicted octanol–water partition coefficient (Wildman–Crippen LogP) is 5.05. The fourth-order valence-corrected chi connectivity index (χ4v) is 7.43. The highest BCUT2D eigenvalue weighted by molar-refractivity contribution is 7.91. The number of halogens is 5. The lowest BCUT2D eigenvalue weighted by Gasteiger charge is -2.18. The molecule has 3 aromatic heterocycles. The molecule has 12 nitrogen and oxygen atoms in total. The van der Waals surface area contributed by atoms with Crippen LogP contribution < -0.4 is 21.0 Å². The van der Waals surface area contributed by atoms with Crippen LogP contribution in [0, 0.1) is 0 Å². The van der Waals surface area contributed by atoms with Gasteiger partial charge in [-0.1, -0.05) is 12.1 Å². The van der Waals surface area contributed by atoms with Crippen molar-refractivity contribution in [3.63, 3.8) is 0 Å². The molecule has 48 heavy (non-hydrogen) atoms. The summed E-state index contributed by atoms with van der Waals surface area (Å²) in [6.07, 6.45) is -4.23. The van der Waals surface area contributed by atoms with Crippen molar-refractivity contribution in [2.75, 3.05) is 25.5 Å². The van der Waals surface area contributed by atoms with E-state index in [-0.39, 0.29) is 51.4 Å². The Hall–Kier alpha value is -4.75. The van der Waals surface area contributed by atoms with Crippen molar-refractivity contribution in [2.45, 2.75) is 31.4 Å². The van der Waals surface area contributed by atoms with Gasteiger partial charge in [-0.3, -0.25) is 4.79 Å². The van der Waals surface area contributed by atoms with Crippen molar-refractivity contribution in [2.24, 2.45) is 0 Å². The number of carbonyl (C=O) groups is 1. The van der Waals surface area contributed by atoms with Gasteiger partial charge >= 0.3 is 21.6 Å². The number of benzene rings is 2. The van der Waals surface area contributed by atoms with Crippen molar-refractivity contribution < 1.29 is 45.0 Å². The molecule has 0 aliphatic carbocycles. The number of rotatable bonds is 8. The Bertz CT molecular complexity index is 2210. The molecule has 5 aromatic rings. The number of methoxy groups -OCH3 is 1. The molecular weight excluding hydrogens is 687 g/mol. The molecule has 4 heterocycles. The standard InChI is InChI=1S/C29H25F5N6O6S2/c1-46-18-4-2-15(3-5-18)14-38-20-7-9-47-25(20)24(35-13-22(30)31)23(27(38)41)26-37-19-10-17-12-36-39(28(42)43)8-6-16(17)11-21(19)40(26)48(44,45)29(32,33)34/h2-5,7,9-11,22,35-36H,6,8,12-14H2,1H3,(H,42,43). The molecule has 19 heteroatoms. The third-order valence-corrected chi connectivity index (χ3v) is 10.1. The van der Waals surface area contributed by atoms with E-state index in [9.17, 15) is 45.1 Å². The molecule has 0 radical (unpaired) electrons. The van der Waals surface area contributed by atoms with Gasteiger partial charge in [0.2, 0.25) is 0 Å². The number of thiophene rings is 1. The number of alkyl halides is 5. The molecular formula is C29H25F5N6O6S2. The monoisotopic (exact) mass is 712 g/mol. The fourth-order valence-electron chi connectivity index (χ4n) is 5.54. The number of ether oxygens (including phenoxy) is 1. The maximum atomic E-state index is 14.4. The van der Waals surface area contributed by atoms with Crippen LogP contribution >= 0.6 is 11.3 Å². The quantitative estimate of drug-likeness (QED) is 0.188. The molecule has 2 aromatic carbocycles. The Morgan fingerprint density at radius 3 is 2.52 bits per heavy atom. The molecule has 0 fully saturated rings. The zero-order valence-electron chi connectivity index (χ0n) is 24.7. The van der Waals surface area contributed by atoms with Crippen LogP contribution in [0.4, 0.5) is 32.4 Å². The minimum absolute atomic E-state index is 0.00810. The topological polar surface area (TPSA) is 148 Å². The number of anilines is 1. The van der Waals surface area contributed by atoms with Gasteiger partial charge in [0, 0.05) is 13.1 Å². The summed E-state index contributed by atoms with van der Waals surface area (Å²) in [5.41, 5.74) is -4.32. The Morgan fingerprint density at radius 2 is 1.88 bits per heavy atom. The molecule has 3 N–H and O–H groups in total. The van der Waals surface area contributed by atoms with Crippen LogP contribution in [-0.2, 0) is 29.5 Å². The second-order valence-corrected chi connectivity index (χ2v) is 13.4. The van der Waals surface area contributed by atoms with Gasteiger partial charge in [0.05, 0.1) is 47.1 Å². The summed E-state index contributed by atoms with van der Waals surface area (Å²) in [7, 11) is -4.82. The molecule has 0 bridgehead atoms. The lowest BCUT2D eigenvalue weighted by Crippen LogP contribution is -2.41. The van der Waals surface area contributed by atoms with Gasteiger partial charge in [-0.2, -0.15) is 21.6 Å². The van der Waals surface area contributed by atoms with E-state index >= 15 is 0 Å². The smallest absolute Gasteiger partial charge is 0.497 e. The molecule has 254 valence electrons. The Kier molecular flexibility index (Phi) is 8.54. The molecule has 1 aliphatic heterocycles. The highest BCUT2D eigenvalue weighted by atomic mass is 32.2. The van der Waals surface area contributed by atoms with Crippen LogP contribution in [0.2, 0.25) is 0 Å². The second kappa shape index (κ2) is 12.4. The molecule has 0 unspecified atom stereocenters. The number of carboxylic acid groups (broad SMARTS) is 1. The van der Waals surface area contributed by atoms with Crippen molar-refractivity contribution in [1.82, 2.24) is 24.0 Å². The van der Waals surface area contributed by atoms with Gasteiger partial charge in [-0.15, -0.1) is 11.3 Å². The summed E-state index contributed by atoms with van der Waals surface area (Å²) in [6, 6.07) is 10.6. The maximum Gasteiger partial charge on any atom is 0.517 e. The summed E-state index contributed by atoms with van der Waals surface area (Å²) in [4.78, 5) is 30.1. The third kappa shape index (κ3) is 5.81. The number of imidazole rings is 1. The number of hydrogen-bond donors (Lipinski definition) is 3. The fraction of sp³-hybridized carbons (Fsp3) is 0.276. The molecule has 0 saturated carbocycles. The SMILES string of the molecule is COc1ccc(Cn2c(=O)c(-c3nc4cc5c(cc4n3S(=O)(=O)C(F)(F)F)CCN(C(=O)O)NC5)c(NCC(F)F)c3sccc32)cc1. The van der Waals surface area contributed by atoms with Crippen LogP contribution in [0.15, 0.2) is 52.6 Å². The average Bonchev–Trinajstić information content (AvgIpc) is 3.59. The van der Waals surface area contributed by atoms with E-state index in [2.05, 4.69) is 15.7 Å². The van der Waals surface area contributed by atoms with Crippen molar-refractivity contribution in [3.05, 3.63) is 74.9 Å². The van der Waals surface area contributed by atoms with Crippen LogP contribution in [-0.4, -0.2) is 70.3 Å². The molecule has 6 rings (SSSR count). The number of hydrazine groups is 1. The second-order valence-electron chi connectivity index (χ2n) is 10.7. The van der Waals surface area contributed by atoms with E-state index in [1.807, 2.05) is 0 Å². The zero-order chi connectivity index (χ0) is 34.5. The van der Waals surface area contributed by atoms with Gasteiger partial charge in [0.15, 0.2) is 5.82 Å². The van der Waals surface area contributed by atoms with E-state index in [1.165, 1.54) is 17.7 Å². The normalized spacial score (nSPS) is 14.0. The lowest BCUT2D eigenvalue weighted by molar-refractivity contribution is -0.0444. The van der Waals surface area contributed by atoms with Crippen molar-refractivity contribution in [3.8, 4) is 17.1 Å². The van der Waals surface area contributed by atoms with E-state index < -0.39 is 57.1 Å². The first kappa shape index (κ1) is 33.2. The predicted molar refractivity (Wildman–Crippen MR) is 167 cm³/mol. The number of nitrogens with zero attached hydrogens (tertiary/aromatic N) is 4. The van der Waals surface area contributed by atoms with Gasteiger partial charge in [-0.05, 0) is 58.8 Å². The number of hydrogen-bond acceptors (Lipinski definition) is 9. The highest BCUT2D eigenvalue weighted by Crippen LogP contribution is 2.40. The Morgan fingerprint density at radius 1 is 1.15 bits per heavy atom. The number of aromatic nitrogens is 3. The van der Waals surface area contributed by atoms with E-state index in [1.54, 1.807) is 35.7 Å². The van der Waals surface area contributed by atoms with Crippen LogP contribution in [0.25, 0.3) is 32.6 Å². The number of nitrogens with one attached hydrogen (secondary N) is 2. The van der Waals surface area contributed by atoms with Crippen LogP contribution in [0.1, 0.15) is 16.7 Å². The zero-order valence-corrected chi connectivity index (χ0v) is 26.3. The molecule has 0 saturated heterocycles. The number of pyridine rings is 1. The van der Waals surface area contributed by atoms with E-state index in [4.69, 9.17) is 4.74 Å². The maximum absolute atomic E-state index is 14.4. The van der Waals surface area contributed by atoms with Crippen LogP contribution in [0.5, 0.6) is 5.75 Å². The third-order valence-electron chi connectivity index (χ3n) is 7.79. The summed E-state index contributed by atoms with van der Waals surface area (Å²) in [5, 5.41) is 14.3.